The number of aromatic nitrogens is 2. The molecule has 0 fully saturated rings. The van der Waals surface area contributed by atoms with Gasteiger partial charge in [-0.05, 0) is 38.5 Å². The van der Waals surface area contributed by atoms with Crippen LogP contribution in [0.2, 0.25) is 0 Å². The van der Waals surface area contributed by atoms with Gasteiger partial charge in [0.05, 0.1) is 5.39 Å². The molecule has 0 saturated heterocycles. The number of nitrogens with zero attached hydrogens (tertiary/aromatic N) is 1. The van der Waals surface area contributed by atoms with Crippen molar-refractivity contribution >= 4 is 39.1 Å². The highest BCUT2D eigenvalue weighted by atomic mass is 32.1. The zero-order chi connectivity index (χ0) is 18.8. The number of H-pyrrole nitrogens is 1. The summed E-state index contributed by atoms with van der Waals surface area (Å²) in [5.41, 5.74) is 0.819. The van der Waals surface area contributed by atoms with Crippen LogP contribution in [0.1, 0.15) is 28.0 Å². The van der Waals surface area contributed by atoms with E-state index < -0.39 is 18.0 Å². The van der Waals surface area contributed by atoms with Crippen molar-refractivity contribution in [3.63, 3.8) is 0 Å². The van der Waals surface area contributed by atoms with Gasteiger partial charge in [0.1, 0.15) is 15.5 Å². The van der Waals surface area contributed by atoms with Gasteiger partial charge in [-0.25, -0.2) is 9.78 Å². The average Bonchev–Trinajstić information content (AvgIpc) is 2.92. The fourth-order valence-corrected chi connectivity index (χ4v) is 3.59. The first-order chi connectivity index (χ1) is 12.4. The molecule has 2 heterocycles. The molecular weight excluding hydrogens is 354 g/mol. The Balaban J connectivity index is 1.78. The van der Waals surface area contributed by atoms with E-state index in [0.29, 0.717) is 27.3 Å². The normalized spacial score (nSPS) is 12.0. The van der Waals surface area contributed by atoms with E-state index in [1.807, 2.05) is 6.07 Å². The number of aromatic amines is 1. The van der Waals surface area contributed by atoms with Crippen molar-refractivity contribution in [2.45, 2.75) is 26.9 Å². The predicted molar refractivity (Wildman–Crippen MR) is 99.7 cm³/mol. The molecule has 134 valence electrons. The molecule has 1 aromatic carbocycles. The van der Waals surface area contributed by atoms with Gasteiger partial charge in [0.25, 0.3) is 11.5 Å². The van der Waals surface area contributed by atoms with E-state index in [9.17, 15) is 14.4 Å². The molecule has 0 saturated carbocycles. The Labute approximate surface area is 153 Å². The van der Waals surface area contributed by atoms with Gasteiger partial charge in [0, 0.05) is 5.69 Å². The first-order valence-corrected chi connectivity index (χ1v) is 8.75. The molecule has 2 aromatic heterocycles. The number of rotatable bonds is 4. The number of fused-ring (bicyclic) bond motifs is 1. The molecule has 0 aliphatic rings. The van der Waals surface area contributed by atoms with Gasteiger partial charge in [-0.15, -0.1) is 11.3 Å². The lowest BCUT2D eigenvalue weighted by Gasteiger charge is -2.13. The number of benzene rings is 1. The predicted octanol–water partition coefficient (Wildman–Crippen LogP) is 2.79. The number of carbonyl (C=O) groups is 2. The molecule has 0 aliphatic heterocycles. The van der Waals surface area contributed by atoms with Crippen molar-refractivity contribution in [3.8, 4) is 0 Å². The van der Waals surface area contributed by atoms with Crippen LogP contribution in [0.3, 0.4) is 0 Å². The molecule has 2 N–H and O–H groups in total. The molecule has 1 atom stereocenters. The highest BCUT2D eigenvalue weighted by molar-refractivity contribution is 7.20. The minimum atomic E-state index is -0.986. The number of ether oxygens (including phenoxy) is 1. The second kappa shape index (κ2) is 7.09. The maximum absolute atomic E-state index is 12.5. The van der Waals surface area contributed by atoms with Crippen molar-refractivity contribution in [1.82, 2.24) is 9.97 Å². The van der Waals surface area contributed by atoms with E-state index >= 15 is 0 Å². The van der Waals surface area contributed by atoms with Gasteiger partial charge in [-0.3, -0.25) is 9.59 Å². The molecule has 0 bridgehead atoms. The maximum atomic E-state index is 12.5. The number of nitrogens with one attached hydrogen (secondary N) is 2. The van der Waals surface area contributed by atoms with Gasteiger partial charge in [-0.2, -0.15) is 0 Å². The Morgan fingerprint density at radius 2 is 1.92 bits per heavy atom. The van der Waals surface area contributed by atoms with Crippen molar-refractivity contribution < 1.29 is 14.3 Å². The summed E-state index contributed by atoms with van der Waals surface area (Å²) in [5, 5.41) is 3.05. The third kappa shape index (κ3) is 3.50. The number of hydrogen-bond donors (Lipinski definition) is 2. The molecule has 0 aliphatic carbocycles. The molecule has 0 spiro atoms. The number of esters is 1. The van der Waals surface area contributed by atoms with Crippen LogP contribution in [0.4, 0.5) is 5.69 Å². The second-order valence-corrected chi connectivity index (χ2v) is 6.79. The van der Waals surface area contributed by atoms with E-state index in [1.54, 1.807) is 38.1 Å². The van der Waals surface area contributed by atoms with Crippen LogP contribution in [0.5, 0.6) is 0 Å². The lowest BCUT2D eigenvalue weighted by molar-refractivity contribution is -0.123. The van der Waals surface area contributed by atoms with Crippen molar-refractivity contribution in [2.75, 3.05) is 5.32 Å². The highest BCUT2D eigenvalue weighted by Gasteiger charge is 2.24. The zero-order valence-corrected chi connectivity index (χ0v) is 15.3. The topological polar surface area (TPSA) is 101 Å². The van der Waals surface area contributed by atoms with Crippen LogP contribution >= 0.6 is 11.3 Å². The van der Waals surface area contributed by atoms with Crippen molar-refractivity contribution in [1.29, 1.82) is 0 Å². The largest absolute Gasteiger partial charge is 0.448 e. The second-order valence-electron chi connectivity index (χ2n) is 5.79. The van der Waals surface area contributed by atoms with Gasteiger partial charge < -0.3 is 15.0 Å². The van der Waals surface area contributed by atoms with Crippen LogP contribution in [0.15, 0.2) is 35.1 Å². The summed E-state index contributed by atoms with van der Waals surface area (Å²) < 4.78 is 5.27. The van der Waals surface area contributed by atoms with Crippen LogP contribution < -0.4 is 10.9 Å². The van der Waals surface area contributed by atoms with Gasteiger partial charge in [-0.1, -0.05) is 18.2 Å². The number of para-hydroxylation sites is 1. The molecule has 3 rings (SSSR count). The summed E-state index contributed by atoms with van der Waals surface area (Å²) in [4.78, 5) is 44.3. The zero-order valence-electron chi connectivity index (χ0n) is 14.5. The molecule has 7 nitrogen and oxygen atoms in total. The number of thiophene rings is 1. The van der Waals surface area contributed by atoms with Crippen LogP contribution in [-0.2, 0) is 9.53 Å². The fourth-order valence-electron chi connectivity index (χ4n) is 2.48. The van der Waals surface area contributed by atoms with E-state index in [-0.39, 0.29) is 10.4 Å². The number of hydrogen-bond acceptors (Lipinski definition) is 6. The molecule has 8 heteroatoms. The van der Waals surface area contributed by atoms with Crippen molar-refractivity contribution in [3.05, 3.63) is 57.0 Å². The fraction of sp³-hybridized carbons (Fsp3) is 0.222. The van der Waals surface area contributed by atoms with E-state index in [1.165, 1.54) is 6.92 Å². The summed E-state index contributed by atoms with van der Waals surface area (Å²) >= 11 is 1.08. The third-order valence-electron chi connectivity index (χ3n) is 3.80. The number of anilines is 1. The smallest absolute Gasteiger partial charge is 0.349 e. The highest BCUT2D eigenvalue weighted by Crippen LogP contribution is 2.27. The lowest BCUT2D eigenvalue weighted by atomic mass is 10.2. The molecule has 0 unspecified atom stereocenters. The molecule has 1 amide bonds. The summed E-state index contributed by atoms with van der Waals surface area (Å²) in [7, 11) is 0. The first kappa shape index (κ1) is 17.8. The third-order valence-corrected chi connectivity index (χ3v) is 4.96. The standard InChI is InChI=1S/C18H17N3O4S/c1-9-13-16(23)19-11(3)20-17(13)26-14(9)18(24)25-10(2)15(22)21-12-7-5-4-6-8-12/h4-8,10H,1-3H3,(H,21,22)(H,19,20,23)/t10-/m1/s1. The Morgan fingerprint density at radius 1 is 1.23 bits per heavy atom. The van der Waals surface area contributed by atoms with Gasteiger partial charge in [0.15, 0.2) is 6.10 Å². The van der Waals surface area contributed by atoms with E-state index in [2.05, 4.69) is 15.3 Å². The lowest BCUT2D eigenvalue weighted by Crippen LogP contribution is -2.29. The summed E-state index contributed by atoms with van der Waals surface area (Å²) in [5.74, 6) is -0.618. The number of aryl methyl sites for hydroxylation is 2. The average molecular weight is 371 g/mol. The molecule has 26 heavy (non-hydrogen) atoms. The number of carbonyl (C=O) groups excluding carboxylic acids is 2. The Bertz CT molecular complexity index is 1040. The quantitative estimate of drug-likeness (QED) is 0.687. The molecule has 3 aromatic rings. The summed E-state index contributed by atoms with van der Waals surface area (Å²) in [6.07, 6.45) is -0.986. The van der Waals surface area contributed by atoms with Gasteiger partial charge in [0.2, 0.25) is 0 Å². The van der Waals surface area contributed by atoms with Crippen molar-refractivity contribution in [2.24, 2.45) is 0 Å². The Morgan fingerprint density at radius 3 is 2.62 bits per heavy atom. The Hall–Kier alpha value is -3.00. The summed E-state index contributed by atoms with van der Waals surface area (Å²) in [6, 6.07) is 8.89. The van der Waals surface area contributed by atoms with Gasteiger partial charge >= 0.3 is 5.97 Å². The van der Waals surface area contributed by atoms with Crippen LogP contribution in [0.25, 0.3) is 10.2 Å². The molecular formula is C18H17N3O4S. The minimum Gasteiger partial charge on any atom is -0.448 e. The number of amides is 1. The Kier molecular flexibility index (Phi) is 4.85. The SMILES string of the molecule is Cc1nc2sc(C(=O)O[C@H](C)C(=O)Nc3ccccc3)c(C)c2c(=O)[nH]1. The van der Waals surface area contributed by atoms with E-state index in [0.717, 1.165) is 11.3 Å². The summed E-state index contributed by atoms with van der Waals surface area (Å²) in [6.45, 7) is 4.83. The minimum absolute atomic E-state index is 0.267. The van der Waals surface area contributed by atoms with E-state index in [4.69, 9.17) is 4.74 Å². The van der Waals surface area contributed by atoms with Crippen LogP contribution in [-0.4, -0.2) is 27.9 Å². The van der Waals surface area contributed by atoms with Crippen LogP contribution in [0, 0.1) is 13.8 Å². The monoisotopic (exact) mass is 371 g/mol. The first-order valence-electron chi connectivity index (χ1n) is 7.93. The maximum Gasteiger partial charge on any atom is 0.349 e. The molecule has 0 radical (unpaired) electrons.